The molecule has 36 heavy (non-hydrogen) atoms. The van der Waals surface area contributed by atoms with E-state index in [2.05, 4.69) is 5.32 Å². The molecule has 2 heterocycles. The molecule has 0 spiro atoms. The maximum atomic E-state index is 13.6. The summed E-state index contributed by atoms with van der Waals surface area (Å²) in [4.78, 5) is 43.4. The van der Waals surface area contributed by atoms with Crippen LogP contribution in [0.15, 0.2) is 72.8 Å². The maximum absolute atomic E-state index is 13.6. The number of para-hydroxylation sites is 1. The van der Waals surface area contributed by atoms with E-state index in [-0.39, 0.29) is 24.3 Å². The SMILES string of the molecule is CCOc1ccc(CNC(=O)c2ccccc2CN2C(=O)[C@H]3CCCN3C(=O)c3ccccc32)cc1. The van der Waals surface area contributed by atoms with Gasteiger partial charge in [-0.1, -0.05) is 42.5 Å². The Morgan fingerprint density at radius 3 is 2.56 bits per heavy atom. The van der Waals surface area contributed by atoms with Crippen molar-refractivity contribution in [3.8, 4) is 5.75 Å². The molecule has 184 valence electrons. The average molecular weight is 484 g/mol. The van der Waals surface area contributed by atoms with Crippen molar-refractivity contribution in [3.05, 3.63) is 95.1 Å². The van der Waals surface area contributed by atoms with Crippen LogP contribution in [-0.4, -0.2) is 41.8 Å². The molecule has 1 saturated heterocycles. The molecule has 1 N–H and O–H groups in total. The lowest BCUT2D eigenvalue weighted by Gasteiger charge is -2.26. The summed E-state index contributed by atoms with van der Waals surface area (Å²) in [6, 6.07) is 21.7. The Morgan fingerprint density at radius 2 is 1.75 bits per heavy atom. The third-order valence-electron chi connectivity index (χ3n) is 6.77. The van der Waals surface area contributed by atoms with Crippen molar-refractivity contribution in [2.75, 3.05) is 18.1 Å². The van der Waals surface area contributed by atoms with Gasteiger partial charge < -0.3 is 19.9 Å². The van der Waals surface area contributed by atoms with Gasteiger partial charge in [0, 0.05) is 18.7 Å². The number of carbonyl (C=O) groups is 3. The van der Waals surface area contributed by atoms with E-state index in [1.54, 1.807) is 21.9 Å². The van der Waals surface area contributed by atoms with Gasteiger partial charge in [-0.15, -0.1) is 0 Å². The molecule has 7 heteroatoms. The van der Waals surface area contributed by atoms with Crippen LogP contribution in [0.1, 0.15) is 51.6 Å². The summed E-state index contributed by atoms with van der Waals surface area (Å²) in [6.45, 7) is 3.70. The molecule has 3 amide bonds. The lowest BCUT2D eigenvalue weighted by atomic mass is 10.0. The van der Waals surface area contributed by atoms with Crippen molar-refractivity contribution in [1.82, 2.24) is 10.2 Å². The van der Waals surface area contributed by atoms with Crippen molar-refractivity contribution in [1.29, 1.82) is 0 Å². The highest BCUT2D eigenvalue weighted by atomic mass is 16.5. The normalized spacial score (nSPS) is 16.9. The van der Waals surface area contributed by atoms with Gasteiger partial charge >= 0.3 is 0 Å². The highest BCUT2D eigenvalue weighted by molar-refractivity contribution is 6.11. The molecule has 0 aromatic heterocycles. The third-order valence-corrected chi connectivity index (χ3v) is 6.77. The minimum absolute atomic E-state index is 0.101. The van der Waals surface area contributed by atoms with E-state index < -0.39 is 6.04 Å². The first kappa shape index (κ1) is 23.6. The first-order valence-corrected chi connectivity index (χ1v) is 12.4. The number of amides is 3. The van der Waals surface area contributed by atoms with Gasteiger partial charge in [0.15, 0.2) is 0 Å². The largest absolute Gasteiger partial charge is 0.494 e. The second-order valence-corrected chi connectivity index (χ2v) is 9.01. The van der Waals surface area contributed by atoms with Crippen LogP contribution < -0.4 is 15.0 Å². The Morgan fingerprint density at radius 1 is 1.00 bits per heavy atom. The molecule has 2 aliphatic rings. The third kappa shape index (κ3) is 4.56. The molecule has 0 unspecified atom stereocenters. The van der Waals surface area contributed by atoms with Gasteiger partial charge in [-0.3, -0.25) is 14.4 Å². The molecule has 2 aliphatic heterocycles. The summed E-state index contributed by atoms with van der Waals surface area (Å²) < 4.78 is 5.48. The van der Waals surface area contributed by atoms with Gasteiger partial charge in [-0.25, -0.2) is 0 Å². The summed E-state index contributed by atoms with van der Waals surface area (Å²) in [5.74, 6) is 0.369. The fourth-order valence-corrected chi connectivity index (χ4v) is 4.97. The van der Waals surface area contributed by atoms with Crippen LogP contribution in [0.4, 0.5) is 5.69 Å². The highest BCUT2D eigenvalue weighted by Crippen LogP contribution is 2.33. The Hall–Kier alpha value is -4.13. The number of hydrogen-bond donors (Lipinski definition) is 1. The lowest BCUT2D eigenvalue weighted by Crippen LogP contribution is -2.44. The molecule has 1 fully saturated rings. The number of nitrogens with zero attached hydrogens (tertiary/aromatic N) is 2. The standard InChI is InChI=1S/C29H29N3O4/c1-2-36-22-15-13-20(14-16-22)18-30-27(33)23-9-4-3-8-21(23)19-32-25-11-6-5-10-24(25)28(34)31-17-7-12-26(31)29(32)35/h3-6,8-11,13-16,26H,2,7,12,17-19H2,1H3,(H,30,33)/t26-/m1/s1. The van der Waals surface area contributed by atoms with Gasteiger partial charge in [0.05, 0.1) is 24.4 Å². The van der Waals surface area contributed by atoms with E-state index in [1.165, 1.54) is 0 Å². The van der Waals surface area contributed by atoms with Gasteiger partial charge in [-0.05, 0) is 61.2 Å². The number of nitrogens with one attached hydrogen (secondary N) is 1. The van der Waals surface area contributed by atoms with E-state index in [1.807, 2.05) is 67.6 Å². The Balaban J connectivity index is 1.38. The van der Waals surface area contributed by atoms with Crippen molar-refractivity contribution < 1.29 is 19.1 Å². The number of hydrogen-bond acceptors (Lipinski definition) is 4. The number of benzene rings is 3. The maximum Gasteiger partial charge on any atom is 0.256 e. The van der Waals surface area contributed by atoms with E-state index in [0.717, 1.165) is 23.3 Å². The summed E-state index contributed by atoms with van der Waals surface area (Å²) in [7, 11) is 0. The second kappa shape index (κ2) is 10.2. The zero-order valence-electron chi connectivity index (χ0n) is 20.3. The predicted octanol–water partition coefficient (Wildman–Crippen LogP) is 4.17. The predicted molar refractivity (Wildman–Crippen MR) is 137 cm³/mol. The summed E-state index contributed by atoms with van der Waals surface area (Å²) >= 11 is 0. The van der Waals surface area contributed by atoms with E-state index in [4.69, 9.17) is 4.74 Å². The van der Waals surface area contributed by atoms with Crippen LogP contribution in [0, 0.1) is 0 Å². The fraction of sp³-hybridized carbons (Fsp3) is 0.276. The first-order valence-electron chi connectivity index (χ1n) is 12.4. The molecule has 5 rings (SSSR count). The fourth-order valence-electron chi connectivity index (χ4n) is 4.97. The summed E-state index contributed by atoms with van der Waals surface area (Å²) in [6.07, 6.45) is 1.46. The van der Waals surface area contributed by atoms with Crippen LogP contribution >= 0.6 is 0 Å². The molecular weight excluding hydrogens is 454 g/mol. The Bertz CT molecular complexity index is 1290. The monoisotopic (exact) mass is 483 g/mol. The van der Waals surface area contributed by atoms with Crippen LogP contribution in [0.3, 0.4) is 0 Å². The average Bonchev–Trinajstić information content (AvgIpc) is 3.38. The Labute approximate surface area is 210 Å². The zero-order chi connectivity index (χ0) is 25.1. The van der Waals surface area contributed by atoms with Crippen molar-refractivity contribution in [3.63, 3.8) is 0 Å². The van der Waals surface area contributed by atoms with E-state index >= 15 is 0 Å². The van der Waals surface area contributed by atoms with Crippen LogP contribution in [0.2, 0.25) is 0 Å². The van der Waals surface area contributed by atoms with E-state index in [0.29, 0.717) is 42.9 Å². The Kier molecular flexibility index (Phi) is 6.71. The molecule has 0 aliphatic carbocycles. The number of fused-ring (bicyclic) bond motifs is 2. The van der Waals surface area contributed by atoms with Gasteiger partial charge in [0.1, 0.15) is 11.8 Å². The highest BCUT2D eigenvalue weighted by Gasteiger charge is 2.42. The van der Waals surface area contributed by atoms with Crippen LogP contribution in [-0.2, 0) is 17.9 Å². The molecule has 3 aromatic rings. The quantitative estimate of drug-likeness (QED) is 0.547. The smallest absolute Gasteiger partial charge is 0.256 e. The van der Waals surface area contributed by atoms with Crippen LogP contribution in [0.25, 0.3) is 0 Å². The van der Waals surface area contributed by atoms with Gasteiger partial charge in [0.25, 0.3) is 11.8 Å². The topological polar surface area (TPSA) is 79.0 Å². The van der Waals surface area contributed by atoms with E-state index in [9.17, 15) is 14.4 Å². The van der Waals surface area contributed by atoms with Gasteiger partial charge in [0.2, 0.25) is 5.91 Å². The molecular formula is C29H29N3O4. The number of carbonyl (C=O) groups excluding carboxylic acids is 3. The van der Waals surface area contributed by atoms with Crippen molar-refractivity contribution in [2.45, 2.75) is 38.9 Å². The molecule has 0 radical (unpaired) electrons. The van der Waals surface area contributed by atoms with Gasteiger partial charge in [-0.2, -0.15) is 0 Å². The molecule has 1 atom stereocenters. The molecule has 3 aromatic carbocycles. The summed E-state index contributed by atoms with van der Waals surface area (Å²) in [5.41, 5.74) is 3.30. The first-order chi connectivity index (χ1) is 17.6. The number of anilines is 1. The molecule has 7 nitrogen and oxygen atoms in total. The second-order valence-electron chi connectivity index (χ2n) is 9.01. The molecule has 0 saturated carbocycles. The van der Waals surface area contributed by atoms with Crippen molar-refractivity contribution in [2.24, 2.45) is 0 Å². The zero-order valence-corrected chi connectivity index (χ0v) is 20.3. The molecule has 0 bridgehead atoms. The number of rotatable bonds is 7. The minimum Gasteiger partial charge on any atom is -0.494 e. The minimum atomic E-state index is -0.467. The van der Waals surface area contributed by atoms with Crippen LogP contribution in [0.5, 0.6) is 5.75 Å². The summed E-state index contributed by atoms with van der Waals surface area (Å²) in [5, 5.41) is 2.99. The lowest BCUT2D eigenvalue weighted by molar-refractivity contribution is -0.122. The van der Waals surface area contributed by atoms with Crippen molar-refractivity contribution >= 4 is 23.4 Å². The number of ether oxygens (including phenoxy) is 1.